The molecule has 0 aliphatic rings. The summed E-state index contributed by atoms with van der Waals surface area (Å²) in [6.45, 7) is 1.07. The van der Waals surface area contributed by atoms with Crippen molar-refractivity contribution in [2.75, 3.05) is 12.4 Å². The van der Waals surface area contributed by atoms with Gasteiger partial charge in [0.25, 0.3) is 0 Å². The molecule has 0 aromatic heterocycles. The predicted molar refractivity (Wildman–Crippen MR) is 60.5 cm³/mol. The molecule has 22 heavy (non-hydrogen) atoms. The number of alkyl halides is 9. The first-order chi connectivity index (χ1) is 9.64. The maximum Gasteiger partial charge on any atom is 0.419 e. The van der Waals surface area contributed by atoms with Gasteiger partial charge in [0.2, 0.25) is 0 Å². The lowest BCUT2D eigenvalue weighted by Crippen LogP contribution is -2.25. The summed E-state index contributed by atoms with van der Waals surface area (Å²) < 4.78 is 117. The molecule has 0 saturated carbocycles. The summed E-state index contributed by atoms with van der Waals surface area (Å²) in [6.07, 6.45) is -16.3. The van der Waals surface area contributed by atoms with E-state index in [1.54, 1.807) is 5.32 Å². The second-order valence-electron chi connectivity index (χ2n) is 4.49. The van der Waals surface area contributed by atoms with Gasteiger partial charge in [-0.2, -0.15) is 39.5 Å². The summed E-state index contributed by atoms with van der Waals surface area (Å²) in [5, 5.41) is 1.80. The Morgan fingerprint density at radius 2 is 0.955 bits per heavy atom. The topological polar surface area (TPSA) is 12.0 Å². The van der Waals surface area contributed by atoms with Crippen molar-refractivity contribution in [3.05, 3.63) is 27.8 Å². The molecule has 0 aliphatic carbocycles. The molecule has 0 fully saturated rings. The zero-order valence-corrected chi connectivity index (χ0v) is 11.4. The Bertz CT molecular complexity index is 578. The Balaban J connectivity index is 4.12. The first kappa shape index (κ1) is 18.4. The fourth-order valence-corrected chi connectivity index (χ4v) is 2.41. The number of hydrogen-bond donors (Lipinski definition) is 1. The van der Waals surface area contributed by atoms with E-state index >= 15 is 0 Å². The molecular formula is C12H10F9N. The van der Waals surface area contributed by atoms with Crippen LogP contribution in [-0.2, 0) is 18.5 Å². The van der Waals surface area contributed by atoms with Crippen LogP contribution >= 0.6 is 0 Å². The molecule has 0 amide bonds. The third-order valence-corrected chi connectivity index (χ3v) is 3.10. The zero-order valence-electron chi connectivity index (χ0n) is 11.4. The van der Waals surface area contributed by atoms with E-state index < -0.39 is 52.0 Å². The lowest BCUT2D eigenvalue weighted by molar-refractivity contribution is -0.163. The number of halogens is 9. The van der Waals surface area contributed by atoms with E-state index in [0.717, 1.165) is 7.05 Å². The van der Waals surface area contributed by atoms with Crippen LogP contribution in [0, 0.1) is 13.8 Å². The summed E-state index contributed by atoms with van der Waals surface area (Å²) in [4.78, 5) is 0. The zero-order chi connectivity index (χ0) is 17.7. The number of anilines is 1. The van der Waals surface area contributed by atoms with Gasteiger partial charge in [-0.3, -0.25) is 0 Å². The van der Waals surface area contributed by atoms with Crippen LogP contribution in [0.4, 0.5) is 45.2 Å². The van der Waals surface area contributed by atoms with Crippen molar-refractivity contribution in [1.82, 2.24) is 0 Å². The van der Waals surface area contributed by atoms with Crippen molar-refractivity contribution in [3.63, 3.8) is 0 Å². The van der Waals surface area contributed by atoms with Gasteiger partial charge < -0.3 is 5.32 Å². The highest BCUT2D eigenvalue weighted by molar-refractivity contribution is 5.67. The van der Waals surface area contributed by atoms with Crippen molar-refractivity contribution in [1.29, 1.82) is 0 Å². The third kappa shape index (κ3) is 3.09. The fraction of sp³-hybridized carbons (Fsp3) is 0.500. The molecule has 0 bridgehead atoms. The summed E-state index contributed by atoms with van der Waals surface area (Å²) in [7, 11) is 0.827. The standard InChI is InChI=1S/C12H10F9N/c1-4-6(10(13,14)15)5(2)9(22-3)8(12(19,20)21)7(4)11(16,17)18/h22H,1-3H3. The Kier molecular flexibility index (Phi) is 4.39. The van der Waals surface area contributed by atoms with Crippen LogP contribution in [0.3, 0.4) is 0 Å². The molecule has 1 rings (SSSR count). The van der Waals surface area contributed by atoms with Gasteiger partial charge in [-0.1, -0.05) is 0 Å². The number of benzene rings is 1. The third-order valence-electron chi connectivity index (χ3n) is 3.10. The van der Waals surface area contributed by atoms with Crippen LogP contribution in [0.15, 0.2) is 0 Å². The average Bonchev–Trinajstić information content (AvgIpc) is 2.22. The second kappa shape index (κ2) is 5.24. The Hall–Kier alpha value is -1.61. The van der Waals surface area contributed by atoms with Crippen molar-refractivity contribution < 1.29 is 39.5 Å². The van der Waals surface area contributed by atoms with Gasteiger partial charge in [-0.05, 0) is 25.0 Å². The van der Waals surface area contributed by atoms with Gasteiger partial charge in [-0.15, -0.1) is 0 Å². The van der Waals surface area contributed by atoms with Gasteiger partial charge in [-0.25, -0.2) is 0 Å². The van der Waals surface area contributed by atoms with Crippen molar-refractivity contribution in [2.24, 2.45) is 0 Å². The molecule has 10 heteroatoms. The maximum absolute atomic E-state index is 13.0. The minimum Gasteiger partial charge on any atom is -0.387 e. The fourth-order valence-electron chi connectivity index (χ4n) is 2.41. The molecule has 1 aromatic carbocycles. The molecule has 1 N–H and O–H groups in total. The van der Waals surface area contributed by atoms with E-state index in [1.165, 1.54) is 0 Å². The first-order valence-electron chi connectivity index (χ1n) is 5.70. The van der Waals surface area contributed by atoms with Crippen molar-refractivity contribution in [2.45, 2.75) is 32.4 Å². The molecule has 0 atom stereocenters. The highest BCUT2D eigenvalue weighted by Gasteiger charge is 2.50. The summed E-state index contributed by atoms with van der Waals surface area (Å²) in [5.41, 5.74) is -9.88. The molecule has 0 saturated heterocycles. The van der Waals surface area contributed by atoms with Gasteiger partial charge in [0.1, 0.15) is 0 Å². The SMILES string of the molecule is CNc1c(C)c(C(F)(F)F)c(C)c(C(F)(F)F)c1C(F)(F)F. The minimum absolute atomic E-state index is 0.382. The first-order valence-corrected chi connectivity index (χ1v) is 5.70. The Labute approximate surface area is 119 Å². The normalized spacial score (nSPS) is 13.5. The highest BCUT2D eigenvalue weighted by atomic mass is 19.4. The van der Waals surface area contributed by atoms with Crippen LogP contribution < -0.4 is 5.32 Å². The van der Waals surface area contributed by atoms with Crippen LogP contribution in [-0.4, -0.2) is 7.05 Å². The highest BCUT2D eigenvalue weighted by Crippen LogP contribution is 2.50. The molecule has 0 heterocycles. The molecule has 1 nitrogen and oxygen atoms in total. The van der Waals surface area contributed by atoms with Gasteiger partial charge in [0.05, 0.1) is 22.4 Å². The van der Waals surface area contributed by atoms with Crippen molar-refractivity contribution >= 4 is 5.69 Å². The summed E-state index contributed by atoms with van der Waals surface area (Å²) >= 11 is 0. The Morgan fingerprint density at radius 3 is 1.23 bits per heavy atom. The summed E-state index contributed by atoms with van der Waals surface area (Å²) in [6, 6.07) is 0. The van der Waals surface area contributed by atoms with E-state index in [2.05, 4.69) is 0 Å². The maximum atomic E-state index is 13.0. The van der Waals surface area contributed by atoms with Gasteiger partial charge in [0, 0.05) is 7.05 Å². The smallest absolute Gasteiger partial charge is 0.387 e. The minimum atomic E-state index is -5.59. The lowest BCUT2D eigenvalue weighted by atomic mass is 9.89. The molecule has 0 radical (unpaired) electrons. The van der Waals surface area contributed by atoms with E-state index in [1.807, 2.05) is 0 Å². The van der Waals surface area contributed by atoms with Crippen LogP contribution in [0.1, 0.15) is 27.8 Å². The summed E-state index contributed by atoms with van der Waals surface area (Å²) in [5.74, 6) is 0. The van der Waals surface area contributed by atoms with Gasteiger partial charge in [0.15, 0.2) is 0 Å². The van der Waals surface area contributed by atoms with E-state index in [9.17, 15) is 39.5 Å². The average molecular weight is 339 g/mol. The molecule has 0 aliphatic heterocycles. The Morgan fingerprint density at radius 1 is 0.591 bits per heavy atom. The predicted octanol–water partition coefficient (Wildman–Crippen LogP) is 5.40. The van der Waals surface area contributed by atoms with Crippen LogP contribution in [0.25, 0.3) is 0 Å². The van der Waals surface area contributed by atoms with Crippen molar-refractivity contribution in [3.8, 4) is 0 Å². The molecule has 1 aromatic rings. The molecule has 0 spiro atoms. The number of nitrogens with one attached hydrogen (secondary N) is 1. The van der Waals surface area contributed by atoms with Gasteiger partial charge >= 0.3 is 18.5 Å². The van der Waals surface area contributed by atoms with E-state index in [4.69, 9.17) is 0 Å². The number of hydrogen-bond acceptors (Lipinski definition) is 1. The van der Waals surface area contributed by atoms with E-state index in [0.29, 0.717) is 13.8 Å². The van der Waals surface area contributed by atoms with Crippen LogP contribution in [0.5, 0.6) is 0 Å². The molecule has 0 unspecified atom stereocenters. The quantitative estimate of drug-likeness (QED) is 0.676. The molecular weight excluding hydrogens is 329 g/mol. The molecule has 126 valence electrons. The largest absolute Gasteiger partial charge is 0.419 e. The lowest BCUT2D eigenvalue weighted by Gasteiger charge is -2.26. The number of rotatable bonds is 1. The monoisotopic (exact) mass is 339 g/mol. The van der Waals surface area contributed by atoms with Crippen LogP contribution in [0.2, 0.25) is 0 Å². The second-order valence-corrected chi connectivity index (χ2v) is 4.49. The van der Waals surface area contributed by atoms with E-state index in [-0.39, 0.29) is 0 Å².